The van der Waals surface area contributed by atoms with Gasteiger partial charge in [0.05, 0.1) is 0 Å². The third-order valence-corrected chi connectivity index (χ3v) is 1.83. The van der Waals surface area contributed by atoms with Crippen LogP contribution < -0.4 is 5.32 Å². The summed E-state index contributed by atoms with van der Waals surface area (Å²) < 4.78 is 0. The van der Waals surface area contributed by atoms with Gasteiger partial charge in [-0.1, -0.05) is 23.8 Å². The molecule has 12 heavy (non-hydrogen) atoms. The van der Waals surface area contributed by atoms with E-state index in [1.807, 2.05) is 6.92 Å². The fraction of sp³-hybridized carbons (Fsp3) is 0.273. The SMILES string of the molecule is C/C=C(\C)Nc1ccc(C)cc1. The van der Waals surface area contributed by atoms with E-state index in [0.717, 1.165) is 5.69 Å². The summed E-state index contributed by atoms with van der Waals surface area (Å²) in [6.45, 7) is 6.17. The van der Waals surface area contributed by atoms with E-state index < -0.39 is 0 Å². The Labute approximate surface area is 74.1 Å². The summed E-state index contributed by atoms with van der Waals surface area (Å²) in [6.07, 6.45) is 2.06. The quantitative estimate of drug-likeness (QED) is 0.701. The third kappa shape index (κ3) is 2.42. The smallest absolute Gasteiger partial charge is 0.0381 e. The number of anilines is 1. The number of allylic oxidation sites excluding steroid dienone is 2. The van der Waals surface area contributed by atoms with E-state index in [4.69, 9.17) is 0 Å². The Morgan fingerprint density at radius 3 is 2.33 bits per heavy atom. The molecule has 1 N–H and O–H groups in total. The molecule has 0 saturated carbocycles. The molecule has 1 aromatic carbocycles. The Bertz CT molecular complexity index is 270. The van der Waals surface area contributed by atoms with Crippen molar-refractivity contribution in [2.75, 3.05) is 5.32 Å². The first-order valence-corrected chi connectivity index (χ1v) is 4.19. The minimum Gasteiger partial charge on any atom is -0.359 e. The third-order valence-electron chi connectivity index (χ3n) is 1.83. The molecular weight excluding hydrogens is 146 g/mol. The maximum Gasteiger partial charge on any atom is 0.0381 e. The average Bonchev–Trinajstić information content (AvgIpc) is 2.09. The summed E-state index contributed by atoms with van der Waals surface area (Å²) in [5, 5.41) is 3.28. The van der Waals surface area contributed by atoms with Crippen LogP contribution in [0.5, 0.6) is 0 Å². The van der Waals surface area contributed by atoms with Gasteiger partial charge in [-0.15, -0.1) is 0 Å². The van der Waals surface area contributed by atoms with E-state index in [0.29, 0.717) is 0 Å². The van der Waals surface area contributed by atoms with Gasteiger partial charge in [0.15, 0.2) is 0 Å². The summed E-state index contributed by atoms with van der Waals surface area (Å²) >= 11 is 0. The molecule has 0 aromatic heterocycles. The van der Waals surface area contributed by atoms with Crippen molar-refractivity contribution < 1.29 is 0 Å². The zero-order valence-corrected chi connectivity index (χ0v) is 7.89. The van der Waals surface area contributed by atoms with E-state index in [9.17, 15) is 0 Å². The molecule has 64 valence electrons. The lowest BCUT2D eigenvalue weighted by atomic mass is 10.2. The molecule has 1 nitrogen and oxygen atoms in total. The van der Waals surface area contributed by atoms with Crippen LogP contribution in [0, 0.1) is 6.92 Å². The number of nitrogens with one attached hydrogen (secondary N) is 1. The van der Waals surface area contributed by atoms with E-state index >= 15 is 0 Å². The second-order valence-corrected chi connectivity index (χ2v) is 2.96. The van der Waals surface area contributed by atoms with Crippen LogP contribution in [0.3, 0.4) is 0 Å². The molecule has 0 heterocycles. The lowest BCUT2D eigenvalue weighted by Crippen LogP contribution is -1.93. The Balaban J connectivity index is 2.71. The van der Waals surface area contributed by atoms with Gasteiger partial charge in [0.25, 0.3) is 0 Å². The van der Waals surface area contributed by atoms with Crippen molar-refractivity contribution in [2.45, 2.75) is 20.8 Å². The normalized spacial score (nSPS) is 11.4. The Morgan fingerprint density at radius 1 is 1.25 bits per heavy atom. The van der Waals surface area contributed by atoms with Gasteiger partial charge in [-0.05, 0) is 32.9 Å². The highest BCUT2D eigenvalue weighted by Crippen LogP contribution is 2.10. The summed E-state index contributed by atoms with van der Waals surface area (Å²) in [4.78, 5) is 0. The molecule has 0 bridgehead atoms. The maximum absolute atomic E-state index is 3.28. The van der Waals surface area contributed by atoms with Crippen molar-refractivity contribution >= 4 is 5.69 Å². The Morgan fingerprint density at radius 2 is 1.83 bits per heavy atom. The highest BCUT2D eigenvalue weighted by molar-refractivity contribution is 5.48. The van der Waals surface area contributed by atoms with Crippen molar-refractivity contribution in [1.29, 1.82) is 0 Å². The average molecular weight is 161 g/mol. The lowest BCUT2D eigenvalue weighted by molar-refractivity contribution is 1.34. The van der Waals surface area contributed by atoms with Crippen molar-refractivity contribution in [1.82, 2.24) is 0 Å². The number of benzene rings is 1. The predicted molar refractivity (Wildman–Crippen MR) is 54.2 cm³/mol. The summed E-state index contributed by atoms with van der Waals surface area (Å²) in [6, 6.07) is 8.38. The van der Waals surface area contributed by atoms with Crippen molar-refractivity contribution in [3.8, 4) is 0 Å². The lowest BCUT2D eigenvalue weighted by Gasteiger charge is -2.05. The van der Waals surface area contributed by atoms with E-state index in [-0.39, 0.29) is 0 Å². The zero-order valence-electron chi connectivity index (χ0n) is 7.89. The first-order valence-electron chi connectivity index (χ1n) is 4.19. The molecule has 0 aliphatic heterocycles. The largest absolute Gasteiger partial charge is 0.359 e. The molecule has 0 aliphatic rings. The van der Waals surface area contributed by atoms with Crippen molar-refractivity contribution in [2.24, 2.45) is 0 Å². The fourth-order valence-corrected chi connectivity index (χ4v) is 0.937. The van der Waals surface area contributed by atoms with Gasteiger partial charge in [-0.25, -0.2) is 0 Å². The standard InChI is InChI=1S/C11H15N/c1-4-10(3)12-11-7-5-9(2)6-8-11/h4-8,12H,1-3H3/b10-4+. The monoisotopic (exact) mass is 161 g/mol. The number of hydrogen-bond acceptors (Lipinski definition) is 1. The molecule has 0 spiro atoms. The Hall–Kier alpha value is -1.24. The van der Waals surface area contributed by atoms with Gasteiger partial charge >= 0.3 is 0 Å². The molecule has 0 amide bonds. The summed E-state index contributed by atoms with van der Waals surface area (Å²) in [5.41, 5.74) is 3.62. The molecular formula is C11H15N. The molecule has 0 atom stereocenters. The second kappa shape index (κ2) is 3.96. The molecule has 0 radical (unpaired) electrons. The molecule has 0 fully saturated rings. The van der Waals surface area contributed by atoms with Crippen molar-refractivity contribution in [3.63, 3.8) is 0 Å². The van der Waals surface area contributed by atoms with E-state index in [2.05, 4.69) is 49.5 Å². The van der Waals surface area contributed by atoms with Crippen LogP contribution >= 0.6 is 0 Å². The topological polar surface area (TPSA) is 12.0 Å². The first kappa shape index (κ1) is 8.85. The van der Waals surface area contributed by atoms with Crippen LogP contribution in [0.1, 0.15) is 19.4 Å². The summed E-state index contributed by atoms with van der Waals surface area (Å²) in [5.74, 6) is 0. The van der Waals surface area contributed by atoms with Crippen LogP contribution in [0.2, 0.25) is 0 Å². The minimum absolute atomic E-state index is 1.15. The van der Waals surface area contributed by atoms with Gasteiger partial charge in [-0.2, -0.15) is 0 Å². The molecule has 0 saturated heterocycles. The molecule has 0 aliphatic carbocycles. The number of hydrogen-bond donors (Lipinski definition) is 1. The van der Waals surface area contributed by atoms with Gasteiger partial charge in [0.2, 0.25) is 0 Å². The van der Waals surface area contributed by atoms with Crippen LogP contribution in [-0.4, -0.2) is 0 Å². The molecule has 1 heteroatoms. The van der Waals surface area contributed by atoms with Gasteiger partial charge < -0.3 is 5.32 Å². The predicted octanol–water partition coefficient (Wildman–Crippen LogP) is 3.33. The van der Waals surface area contributed by atoms with Crippen LogP contribution in [0.25, 0.3) is 0 Å². The zero-order chi connectivity index (χ0) is 8.97. The minimum atomic E-state index is 1.15. The number of rotatable bonds is 2. The van der Waals surface area contributed by atoms with Crippen LogP contribution in [0.4, 0.5) is 5.69 Å². The van der Waals surface area contributed by atoms with Crippen LogP contribution in [-0.2, 0) is 0 Å². The summed E-state index contributed by atoms with van der Waals surface area (Å²) in [7, 11) is 0. The molecule has 1 aromatic rings. The first-order chi connectivity index (χ1) is 5.72. The molecule has 0 unspecified atom stereocenters. The second-order valence-electron chi connectivity index (χ2n) is 2.96. The molecule has 1 rings (SSSR count). The fourth-order valence-electron chi connectivity index (χ4n) is 0.937. The highest BCUT2D eigenvalue weighted by Gasteiger charge is 1.90. The van der Waals surface area contributed by atoms with Crippen molar-refractivity contribution in [3.05, 3.63) is 41.6 Å². The van der Waals surface area contributed by atoms with E-state index in [1.165, 1.54) is 11.3 Å². The van der Waals surface area contributed by atoms with Gasteiger partial charge in [0, 0.05) is 11.4 Å². The maximum atomic E-state index is 3.28. The Kier molecular flexibility index (Phi) is 2.92. The van der Waals surface area contributed by atoms with Gasteiger partial charge in [-0.3, -0.25) is 0 Å². The van der Waals surface area contributed by atoms with E-state index in [1.54, 1.807) is 0 Å². The van der Waals surface area contributed by atoms with Gasteiger partial charge in [0.1, 0.15) is 0 Å². The number of aryl methyl sites for hydroxylation is 1. The highest BCUT2D eigenvalue weighted by atomic mass is 14.9. The van der Waals surface area contributed by atoms with Crippen LogP contribution in [0.15, 0.2) is 36.0 Å².